The van der Waals surface area contributed by atoms with E-state index in [0.717, 1.165) is 17.7 Å². The Bertz CT molecular complexity index is 706. The minimum atomic E-state index is -0.851. The summed E-state index contributed by atoms with van der Waals surface area (Å²) in [5.41, 5.74) is 0.191. The van der Waals surface area contributed by atoms with Crippen LogP contribution in [0.5, 0.6) is 5.75 Å². The molecule has 0 aliphatic rings. The average Bonchev–Trinajstić information content (AvgIpc) is 2.48. The van der Waals surface area contributed by atoms with Crippen LogP contribution in [0.25, 0.3) is 0 Å². The molecule has 1 amide bonds. The number of aromatic hydroxyl groups is 1. The minimum absolute atomic E-state index is 0.0309. The number of phenolic OH excluding ortho intramolecular Hbond substituents is 1. The number of anilines is 1. The van der Waals surface area contributed by atoms with Crippen LogP contribution in [0.15, 0.2) is 42.5 Å². The van der Waals surface area contributed by atoms with Crippen molar-refractivity contribution >= 4 is 29.1 Å². The van der Waals surface area contributed by atoms with E-state index in [1.54, 1.807) is 24.3 Å². The standard InChI is InChI=1S/C14H11ClN2O5/c15-10-6-13(18)11(7-12(10)17(20)21)16-14(19)22-8-9-4-2-1-3-5-9/h1-7,18H,8H2,(H,16,19). The summed E-state index contributed by atoms with van der Waals surface area (Å²) in [5.74, 6) is -0.396. The average molecular weight is 323 g/mol. The second-order valence-corrected chi connectivity index (χ2v) is 4.67. The number of hydrogen-bond donors (Lipinski definition) is 2. The molecule has 2 rings (SSSR count). The molecule has 0 saturated carbocycles. The van der Waals surface area contributed by atoms with Gasteiger partial charge < -0.3 is 9.84 Å². The van der Waals surface area contributed by atoms with Crippen molar-refractivity contribution in [1.29, 1.82) is 0 Å². The van der Waals surface area contributed by atoms with Gasteiger partial charge in [0.1, 0.15) is 17.4 Å². The predicted molar refractivity (Wildman–Crippen MR) is 80.0 cm³/mol. The van der Waals surface area contributed by atoms with Gasteiger partial charge in [-0.25, -0.2) is 4.79 Å². The molecule has 0 radical (unpaired) electrons. The van der Waals surface area contributed by atoms with Gasteiger partial charge in [-0.2, -0.15) is 0 Å². The summed E-state index contributed by atoms with van der Waals surface area (Å²) in [6.07, 6.45) is -0.851. The summed E-state index contributed by atoms with van der Waals surface area (Å²) in [7, 11) is 0. The molecule has 0 saturated heterocycles. The number of hydrogen-bond acceptors (Lipinski definition) is 5. The first kappa shape index (κ1) is 15.6. The highest BCUT2D eigenvalue weighted by atomic mass is 35.5. The summed E-state index contributed by atoms with van der Waals surface area (Å²) < 4.78 is 4.95. The fourth-order valence-electron chi connectivity index (χ4n) is 1.66. The van der Waals surface area contributed by atoms with Crippen molar-refractivity contribution in [2.75, 3.05) is 5.32 Å². The molecule has 0 bridgehead atoms. The molecule has 22 heavy (non-hydrogen) atoms. The highest BCUT2D eigenvalue weighted by molar-refractivity contribution is 6.33. The lowest BCUT2D eigenvalue weighted by molar-refractivity contribution is -0.384. The molecular weight excluding hydrogens is 312 g/mol. The maximum atomic E-state index is 11.7. The second-order valence-electron chi connectivity index (χ2n) is 4.26. The molecule has 0 aromatic heterocycles. The van der Waals surface area contributed by atoms with Crippen molar-refractivity contribution in [2.45, 2.75) is 6.61 Å². The predicted octanol–water partition coefficient (Wildman–Crippen LogP) is 3.70. The molecule has 2 aromatic rings. The number of amides is 1. The molecular formula is C14H11ClN2O5. The zero-order valence-corrected chi connectivity index (χ0v) is 11.9. The van der Waals surface area contributed by atoms with E-state index in [-0.39, 0.29) is 17.3 Å². The number of nitro groups is 1. The molecule has 114 valence electrons. The first-order valence-corrected chi connectivity index (χ1v) is 6.50. The van der Waals surface area contributed by atoms with Gasteiger partial charge in [-0.3, -0.25) is 15.4 Å². The minimum Gasteiger partial charge on any atom is -0.506 e. The smallest absolute Gasteiger partial charge is 0.412 e. The molecule has 0 heterocycles. The Balaban J connectivity index is 2.05. The van der Waals surface area contributed by atoms with Gasteiger partial charge in [0.05, 0.1) is 10.6 Å². The third kappa shape index (κ3) is 3.86. The number of carbonyl (C=O) groups is 1. The number of nitro benzene ring substituents is 1. The summed E-state index contributed by atoms with van der Waals surface area (Å²) in [4.78, 5) is 21.7. The quantitative estimate of drug-likeness (QED) is 0.507. The lowest BCUT2D eigenvalue weighted by Gasteiger charge is -2.09. The van der Waals surface area contributed by atoms with Crippen LogP contribution in [0.1, 0.15) is 5.56 Å². The third-order valence-electron chi connectivity index (χ3n) is 2.71. The maximum Gasteiger partial charge on any atom is 0.412 e. The number of nitrogens with one attached hydrogen (secondary N) is 1. The van der Waals surface area contributed by atoms with Gasteiger partial charge in [0.25, 0.3) is 5.69 Å². The Labute approximate surface area is 130 Å². The van der Waals surface area contributed by atoms with Gasteiger partial charge in [-0.1, -0.05) is 41.9 Å². The van der Waals surface area contributed by atoms with E-state index in [0.29, 0.717) is 0 Å². The van der Waals surface area contributed by atoms with Crippen molar-refractivity contribution in [3.8, 4) is 5.75 Å². The fraction of sp³-hybridized carbons (Fsp3) is 0.0714. The van der Waals surface area contributed by atoms with Gasteiger partial charge in [0.2, 0.25) is 0 Å². The number of phenols is 1. The first-order valence-electron chi connectivity index (χ1n) is 6.12. The molecule has 0 unspecified atom stereocenters. The molecule has 8 heteroatoms. The van der Waals surface area contributed by atoms with Crippen LogP contribution >= 0.6 is 11.6 Å². The number of halogens is 1. The van der Waals surface area contributed by atoms with Gasteiger partial charge in [0.15, 0.2) is 0 Å². The maximum absolute atomic E-state index is 11.7. The SMILES string of the molecule is O=C(Nc1cc([N+](=O)[O-])c(Cl)cc1O)OCc1ccccc1. The highest BCUT2D eigenvalue weighted by Gasteiger charge is 2.18. The molecule has 2 aromatic carbocycles. The fourth-order valence-corrected chi connectivity index (χ4v) is 1.89. The number of nitrogens with zero attached hydrogens (tertiary/aromatic N) is 1. The summed E-state index contributed by atoms with van der Waals surface area (Å²) in [5, 5.41) is 22.4. The van der Waals surface area contributed by atoms with E-state index in [1.165, 1.54) is 0 Å². The van der Waals surface area contributed by atoms with Crippen LogP contribution in [-0.4, -0.2) is 16.1 Å². The Kier molecular flexibility index (Phi) is 4.80. The summed E-state index contributed by atoms with van der Waals surface area (Å²) >= 11 is 5.63. The summed E-state index contributed by atoms with van der Waals surface area (Å²) in [6.45, 7) is 0.0309. The number of benzene rings is 2. The van der Waals surface area contributed by atoms with Crippen LogP contribution in [0, 0.1) is 10.1 Å². The van der Waals surface area contributed by atoms with Crippen molar-refractivity contribution in [2.24, 2.45) is 0 Å². The zero-order chi connectivity index (χ0) is 16.1. The van der Waals surface area contributed by atoms with Crippen molar-refractivity contribution in [3.05, 3.63) is 63.2 Å². The lowest BCUT2D eigenvalue weighted by atomic mass is 10.2. The van der Waals surface area contributed by atoms with E-state index < -0.39 is 22.5 Å². The van der Waals surface area contributed by atoms with Crippen molar-refractivity contribution in [1.82, 2.24) is 0 Å². The number of carbonyl (C=O) groups excluding carboxylic acids is 1. The Morgan fingerprint density at radius 1 is 1.32 bits per heavy atom. The number of ether oxygens (including phenoxy) is 1. The van der Waals surface area contributed by atoms with Crippen LogP contribution in [0.3, 0.4) is 0 Å². The molecule has 0 atom stereocenters. The molecule has 2 N–H and O–H groups in total. The number of rotatable bonds is 4. The van der Waals surface area contributed by atoms with Gasteiger partial charge in [0, 0.05) is 12.1 Å². The Morgan fingerprint density at radius 2 is 2.00 bits per heavy atom. The Morgan fingerprint density at radius 3 is 2.64 bits per heavy atom. The molecule has 0 aliphatic heterocycles. The van der Waals surface area contributed by atoms with Crippen LogP contribution in [0.4, 0.5) is 16.2 Å². The van der Waals surface area contributed by atoms with Crippen LogP contribution in [-0.2, 0) is 11.3 Å². The van der Waals surface area contributed by atoms with E-state index in [9.17, 15) is 20.0 Å². The molecule has 7 nitrogen and oxygen atoms in total. The zero-order valence-electron chi connectivity index (χ0n) is 11.2. The highest BCUT2D eigenvalue weighted by Crippen LogP contribution is 2.35. The Hall–Kier alpha value is -2.80. The summed E-state index contributed by atoms with van der Waals surface area (Å²) in [6, 6.07) is 10.9. The monoisotopic (exact) mass is 322 g/mol. The third-order valence-corrected chi connectivity index (χ3v) is 3.01. The van der Waals surface area contributed by atoms with Crippen molar-refractivity contribution in [3.63, 3.8) is 0 Å². The normalized spacial score (nSPS) is 10.0. The van der Waals surface area contributed by atoms with E-state index in [4.69, 9.17) is 16.3 Å². The van der Waals surface area contributed by atoms with Gasteiger partial charge >= 0.3 is 6.09 Å². The largest absolute Gasteiger partial charge is 0.506 e. The second kappa shape index (κ2) is 6.77. The topological polar surface area (TPSA) is 102 Å². The van der Waals surface area contributed by atoms with Gasteiger partial charge in [-0.15, -0.1) is 0 Å². The molecule has 0 aliphatic carbocycles. The van der Waals surface area contributed by atoms with Crippen LogP contribution in [0.2, 0.25) is 5.02 Å². The van der Waals surface area contributed by atoms with E-state index >= 15 is 0 Å². The molecule has 0 spiro atoms. The van der Waals surface area contributed by atoms with Crippen LogP contribution < -0.4 is 5.32 Å². The lowest BCUT2D eigenvalue weighted by Crippen LogP contribution is -2.13. The van der Waals surface area contributed by atoms with Gasteiger partial charge in [-0.05, 0) is 5.56 Å². The first-order chi connectivity index (χ1) is 10.5. The molecule has 0 fully saturated rings. The van der Waals surface area contributed by atoms with Crippen molar-refractivity contribution < 1.29 is 19.6 Å². The van der Waals surface area contributed by atoms with E-state index in [1.807, 2.05) is 6.07 Å². The van der Waals surface area contributed by atoms with E-state index in [2.05, 4.69) is 5.32 Å².